The maximum atomic E-state index is 6.08. The summed E-state index contributed by atoms with van der Waals surface area (Å²) >= 11 is 0. The normalized spacial score (nSPS) is 62.8. The van der Waals surface area contributed by atoms with Crippen LogP contribution in [0.4, 0.5) is 0 Å². The third-order valence-electron chi connectivity index (χ3n) is 6.32. The summed E-state index contributed by atoms with van der Waals surface area (Å²) in [6.07, 6.45) is 6.13. The molecule has 0 amide bonds. The first kappa shape index (κ1) is 10.8. The second-order valence-electron chi connectivity index (χ2n) is 7.84. The summed E-state index contributed by atoms with van der Waals surface area (Å²) in [6, 6.07) is 0. The summed E-state index contributed by atoms with van der Waals surface area (Å²) in [6.45, 7) is 9.56. The van der Waals surface area contributed by atoms with Gasteiger partial charge in [0.05, 0.1) is 23.4 Å². The van der Waals surface area contributed by atoms with Crippen LogP contribution in [0.3, 0.4) is 0 Å². The molecule has 4 rings (SSSR count). The van der Waals surface area contributed by atoms with Crippen LogP contribution in [0.25, 0.3) is 0 Å². The third kappa shape index (κ3) is 1.24. The third-order valence-corrected chi connectivity index (χ3v) is 6.32. The standard InChI is InChI=1S/C15H24O2/c1-13(2)7-6-10-15(4,16-10)9-5-8-14(3)12(17-14)11(9)13/h9-12H,5-8H2,1-4H3/t9-,10+,11+,12-,14+,15-/m0/s1. The molecule has 2 aliphatic carbocycles. The van der Waals surface area contributed by atoms with E-state index in [1.807, 2.05) is 0 Å². The maximum absolute atomic E-state index is 6.08. The van der Waals surface area contributed by atoms with Crippen LogP contribution in [0.2, 0.25) is 0 Å². The van der Waals surface area contributed by atoms with Gasteiger partial charge < -0.3 is 9.47 Å². The highest BCUT2D eigenvalue weighted by Crippen LogP contribution is 2.66. The highest BCUT2D eigenvalue weighted by Gasteiger charge is 2.71. The molecule has 2 saturated carbocycles. The fourth-order valence-electron chi connectivity index (χ4n) is 4.95. The maximum Gasteiger partial charge on any atom is 0.0952 e. The second kappa shape index (κ2) is 2.75. The first-order chi connectivity index (χ1) is 7.87. The lowest BCUT2D eigenvalue weighted by Crippen LogP contribution is -2.45. The summed E-state index contributed by atoms with van der Waals surface area (Å²) in [4.78, 5) is 0. The van der Waals surface area contributed by atoms with Crippen molar-refractivity contribution in [2.45, 2.75) is 76.8 Å². The molecular weight excluding hydrogens is 212 g/mol. The fraction of sp³-hybridized carbons (Fsp3) is 1.00. The Bertz CT molecular complexity index is 377. The van der Waals surface area contributed by atoms with Crippen molar-refractivity contribution >= 4 is 0 Å². The number of ether oxygens (including phenoxy) is 2. The molecule has 0 aromatic rings. The molecular formula is C15H24O2. The van der Waals surface area contributed by atoms with Crippen LogP contribution in [0.5, 0.6) is 0 Å². The molecule has 0 unspecified atom stereocenters. The van der Waals surface area contributed by atoms with Crippen LogP contribution in [0.15, 0.2) is 0 Å². The smallest absolute Gasteiger partial charge is 0.0952 e. The summed E-state index contributed by atoms with van der Waals surface area (Å²) in [7, 11) is 0. The number of rotatable bonds is 0. The SMILES string of the molecule is CC1(C)CC[C@H]2O[C@@]2(C)[C@H]2CC[C@@]3(C)O[C@H]3[C@@H]21. The number of epoxide rings is 2. The van der Waals surface area contributed by atoms with Gasteiger partial charge in [-0.05, 0) is 56.8 Å². The van der Waals surface area contributed by atoms with E-state index in [1.165, 1.54) is 25.7 Å². The Morgan fingerprint density at radius 3 is 2.47 bits per heavy atom. The van der Waals surface area contributed by atoms with Gasteiger partial charge in [-0.15, -0.1) is 0 Å². The van der Waals surface area contributed by atoms with Crippen molar-refractivity contribution in [2.75, 3.05) is 0 Å². The van der Waals surface area contributed by atoms with Crippen LogP contribution in [-0.4, -0.2) is 23.4 Å². The molecule has 0 spiro atoms. The van der Waals surface area contributed by atoms with Crippen molar-refractivity contribution in [1.82, 2.24) is 0 Å². The van der Waals surface area contributed by atoms with Gasteiger partial charge in [0.15, 0.2) is 0 Å². The van der Waals surface area contributed by atoms with Gasteiger partial charge in [0.25, 0.3) is 0 Å². The van der Waals surface area contributed by atoms with Crippen molar-refractivity contribution in [3.05, 3.63) is 0 Å². The molecule has 2 saturated heterocycles. The van der Waals surface area contributed by atoms with E-state index in [2.05, 4.69) is 27.7 Å². The van der Waals surface area contributed by atoms with E-state index < -0.39 is 0 Å². The van der Waals surface area contributed by atoms with Gasteiger partial charge in [-0.3, -0.25) is 0 Å². The summed E-state index contributed by atoms with van der Waals surface area (Å²) in [5.74, 6) is 1.43. The molecule has 6 atom stereocenters. The molecule has 2 aliphatic heterocycles. The summed E-state index contributed by atoms with van der Waals surface area (Å²) < 4.78 is 12.1. The predicted octanol–water partition coefficient (Wildman–Crippen LogP) is 3.15. The van der Waals surface area contributed by atoms with Crippen LogP contribution < -0.4 is 0 Å². The molecule has 17 heavy (non-hydrogen) atoms. The van der Waals surface area contributed by atoms with Gasteiger partial charge in [0.2, 0.25) is 0 Å². The molecule has 0 radical (unpaired) electrons. The van der Waals surface area contributed by atoms with Crippen molar-refractivity contribution < 1.29 is 9.47 Å². The summed E-state index contributed by atoms with van der Waals surface area (Å²) in [5, 5.41) is 0. The lowest BCUT2D eigenvalue weighted by molar-refractivity contribution is 0.0355. The fourth-order valence-corrected chi connectivity index (χ4v) is 4.95. The number of hydrogen-bond acceptors (Lipinski definition) is 2. The molecule has 4 aliphatic rings. The molecule has 0 bridgehead atoms. The minimum atomic E-state index is 0.186. The summed E-state index contributed by atoms with van der Waals surface area (Å²) in [5.41, 5.74) is 0.822. The zero-order valence-corrected chi connectivity index (χ0v) is 11.5. The first-order valence-corrected chi connectivity index (χ1v) is 7.22. The number of hydrogen-bond donors (Lipinski definition) is 0. The Morgan fingerprint density at radius 2 is 1.71 bits per heavy atom. The Balaban J connectivity index is 1.74. The quantitative estimate of drug-likeness (QED) is 0.604. The highest BCUT2D eigenvalue weighted by molar-refractivity contribution is 5.19. The first-order valence-electron chi connectivity index (χ1n) is 7.22. The molecule has 4 fully saturated rings. The molecule has 2 nitrogen and oxygen atoms in total. The van der Waals surface area contributed by atoms with E-state index in [0.717, 1.165) is 5.92 Å². The van der Waals surface area contributed by atoms with Gasteiger partial charge in [-0.1, -0.05) is 13.8 Å². The second-order valence-corrected chi connectivity index (χ2v) is 7.84. The van der Waals surface area contributed by atoms with Gasteiger partial charge >= 0.3 is 0 Å². The van der Waals surface area contributed by atoms with Crippen LogP contribution >= 0.6 is 0 Å². The molecule has 2 heterocycles. The van der Waals surface area contributed by atoms with Crippen molar-refractivity contribution in [3.63, 3.8) is 0 Å². The Labute approximate surface area is 104 Å². The zero-order chi connectivity index (χ0) is 12.1. The number of fused-ring (bicyclic) bond motifs is 5. The molecule has 2 heteroatoms. The van der Waals surface area contributed by atoms with Gasteiger partial charge in [0, 0.05) is 0 Å². The lowest BCUT2D eigenvalue weighted by Gasteiger charge is -2.42. The molecule has 0 aromatic carbocycles. The monoisotopic (exact) mass is 236 g/mol. The molecule has 0 N–H and O–H groups in total. The Morgan fingerprint density at radius 1 is 0.941 bits per heavy atom. The van der Waals surface area contributed by atoms with E-state index in [-0.39, 0.29) is 11.2 Å². The van der Waals surface area contributed by atoms with Crippen LogP contribution in [0.1, 0.15) is 53.4 Å². The van der Waals surface area contributed by atoms with E-state index in [9.17, 15) is 0 Å². The van der Waals surface area contributed by atoms with Crippen molar-refractivity contribution in [2.24, 2.45) is 17.3 Å². The van der Waals surface area contributed by atoms with Crippen LogP contribution in [0, 0.1) is 17.3 Å². The van der Waals surface area contributed by atoms with Gasteiger partial charge in [0.1, 0.15) is 0 Å². The predicted molar refractivity (Wildman–Crippen MR) is 65.8 cm³/mol. The van der Waals surface area contributed by atoms with E-state index in [1.54, 1.807) is 0 Å². The van der Waals surface area contributed by atoms with E-state index >= 15 is 0 Å². The molecule has 96 valence electrons. The van der Waals surface area contributed by atoms with Crippen LogP contribution in [-0.2, 0) is 9.47 Å². The Hall–Kier alpha value is -0.0800. The highest BCUT2D eigenvalue weighted by atomic mass is 16.6. The van der Waals surface area contributed by atoms with E-state index in [0.29, 0.717) is 23.5 Å². The lowest BCUT2D eigenvalue weighted by atomic mass is 9.60. The average Bonchev–Trinajstić information content (AvgIpc) is 3.08. The minimum Gasteiger partial charge on any atom is -0.366 e. The van der Waals surface area contributed by atoms with Crippen molar-refractivity contribution in [1.29, 1.82) is 0 Å². The minimum absolute atomic E-state index is 0.186. The van der Waals surface area contributed by atoms with Gasteiger partial charge in [-0.25, -0.2) is 0 Å². The molecule has 0 aromatic heterocycles. The average molecular weight is 236 g/mol. The topological polar surface area (TPSA) is 25.1 Å². The van der Waals surface area contributed by atoms with Gasteiger partial charge in [-0.2, -0.15) is 0 Å². The van der Waals surface area contributed by atoms with E-state index in [4.69, 9.17) is 9.47 Å². The Kier molecular flexibility index (Phi) is 1.75. The zero-order valence-electron chi connectivity index (χ0n) is 11.5. The largest absolute Gasteiger partial charge is 0.366 e. The van der Waals surface area contributed by atoms with Crippen molar-refractivity contribution in [3.8, 4) is 0 Å².